The quantitative estimate of drug-likeness (QED) is 0.277. The summed E-state index contributed by atoms with van der Waals surface area (Å²) >= 11 is 6.24. The van der Waals surface area contributed by atoms with Crippen LogP contribution in [-0.2, 0) is 32.6 Å². The molecule has 40 heavy (non-hydrogen) atoms. The molecule has 3 aromatic rings. The number of halogens is 1. The van der Waals surface area contributed by atoms with Crippen molar-refractivity contribution in [1.29, 1.82) is 0 Å². The Morgan fingerprint density at radius 1 is 0.950 bits per heavy atom. The van der Waals surface area contributed by atoms with Gasteiger partial charge in [-0.25, -0.2) is 8.42 Å². The van der Waals surface area contributed by atoms with Crippen LogP contribution in [0.1, 0.15) is 42.9 Å². The lowest BCUT2D eigenvalue weighted by Crippen LogP contribution is -2.50. The van der Waals surface area contributed by atoms with Crippen molar-refractivity contribution in [2.75, 3.05) is 23.7 Å². The Balaban J connectivity index is 1.88. The van der Waals surface area contributed by atoms with Crippen LogP contribution in [0.4, 0.5) is 5.69 Å². The van der Waals surface area contributed by atoms with Crippen molar-refractivity contribution in [3.05, 3.63) is 101 Å². The fraction of sp³-hybridized carbons (Fsp3) is 0.355. The Kier molecular flexibility index (Phi) is 11.6. The van der Waals surface area contributed by atoms with E-state index in [0.717, 1.165) is 23.1 Å². The highest BCUT2D eigenvalue weighted by Gasteiger charge is 2.30. The number of anilines is 1. The first-order valence-electron chi connectivity index (χ1n) is 13.5. The van der Waals surface area contributed by atoms with Gasteiger partial charge in [-0.2, -0.15) is 0 Å². The van der Waals surface area contributed by atoms with Crippen molar-refractivity contribution in [1.82, 2.24) is 10.2 Å². The van der Waals surface area contributed by atoms with Gasteiger partial charge < -0.3 is 10.2 Å². The monoisotopic (exact) mass is 583 g/mol. The molecule has 0 fully saturated rings. The van der Waals surface area contributed by atoms with Crippen LogP contribution in [0.2, 0.25) is 5.02 Å². The Bertz CT molecular complexity index is 1380. The van der Waals surface area contributed by atoms with Gasteiger partial charge in [0, 0.05) is 37.5 Å². The Morgan fingerprint density at radius 3 is 2.27 bits per heavy atom. The maximum atomic E-state index is 13.8. The van der Waals surface area contributed by atoms with Gasteiger partial charge in [0.25, 0.3) is 0 Å². The number of benzene rings is 3. The number of carbonyl (C=O) groups is 2. The number of para-hydroxylation sites is 1. The van der Waals surface area contributed by atoms with Crippen LogP contribution < -0.4 is 9.62 Å². The van der Waals surface area contributed by atoms with Gasteiger partial charge in [0.1, 0.15) is 6.04 Å². The summed E-state index contributed by atoms with van der Waals surface area (Å²) in [6.07, 6.45) is 2.65. The van der Waals surface area contributed by atoms with E-state index in [1.54, 1.807) is 29.2 Å². The van der Waals surface area contributed by atoms with Crippen molar-refractivity contribution >= 4 is 39.1 Å². The molecule has 0 saturated carbocycles. The molecule has 0 heterocycles. The summed E-state index contributed by atoms with van der Waals surface area (Å²) in [4.78, 5) is 28.8. The summed E-state index contributed by atoms with van der Waals surface area (Å²) in [6.45, 7) is 4.68. The van der Waals surface area contributed by atoms with Crippen molar-refractivity contribution in [2.45, 2.75) is 52.1 Å². The number of sulfonamides is 1. The molecule has 0 aliphatic carbocycles. The molecule has 7 nitrogen and oxygen atoms in total. The van der Waals surface area contributed by atoms with E-state index in [9.17, 15) is 18.0 Å². The molecule has 0 radical (unpaired) electrons. The van der Waals surface area contributed by atoms with E-state index >= 15 is 0 Å². The normalized spacial score (nSPS) is 12.0. The summed E-state index contributed by atoms with van der Waals surface area (Å²) in [5, 5.41) is 3.50. The van der Waals surface area contributed by atoms with E-state index in [1.165, 1.54) is 10.6 Å². The third-order valence-corrected chi connectivity index (χ3v) is 8.01. The molecule has 0 aliphatic rings. The molecule has 9 heteroatoms. The molecule has 214 valence electrons. The third kappa shape index (κ3) is 9.10. The molecular weight excluding hydrogens is 546 g/mol. The van der Waals surface area contributed by atoms with Crippen molar-refractivity contribution in [3.8, 4) is 0 Å². The van der Waals surface area contributed by atoms with E-state index < -0.39 is 16.1 Å². The van der Waals surface area contributed by atoms with Crippen LogP contribution in [0.5, 0.6) is 0 Å². The molecule has 2 amide bonds. The van der Waals surface area contributed by atoms with Crippen LogP contribution in [0.25, 0.3) is 0 Å². The molecule has 1 unspecified atom stereocenters. The highest BCUT2D eigenvalue weighted by Crippen LogP contribution is 2.23. The minimum absolute atomic E-state index is 0.0742. The molecule has 1 N–H and O–H groups in total. The number of nitrogens with zero attached hydrogens (tertiary/aromatic N) is 2. The molecular formula is C31H38ClN3O4S. The zero-order valence-corrected chi connectivity index (χ0v) is 24.9. The maximum Gasteiger partial charge on any atom is 0.243 e. The SMILES string of the molecule is CCCNC(=O)C(Cc1ccccc1)N(Cc1cccc(Cl)c1)C(=O)CCCN(c1ccccc1C)S(C)(=O)=O. The minimum atomic E-state index is -3.56. The number of aryl methyl sites for hydroxylation is 1. The van der Waals surface area contributed by atoms with Gasteiger partial charge in [0.05, 0.1) is 11.9 Å². The summed E-state index contributed by atoms with van der Waals surface area (Å²) < 4.78 is 26.6. The Labute approximate surface area is 243 Å². The van der Waals surface area contributed by atoms with E-state index in [4.69, 9.17) is 11.6 Å². The average Bonchev–Trinajstić information content (AvgIpc) is 2.92. The number of hydrogen-bond donors (Lipinski definition) is 1. The van der Waals surface area contributed by atoms with E-state index in [-0.39, 0.29) is 31.3 Å². The second kappa shape index (κ2) is 14.9. The fourth-order valence-electron chi connectivity index (χ4n) is 4.58. The largest absolute Gasteiger partial charge is 0.354 e. The van der Waals surface area contributed by atoms with E-state index in [1.807, 2.05) is 68.4 Å². The number of nitrogens with one attached hydrogen (secondary N) is 1. The summed E-state index contributed by atoms with van der Waals surface area (Å²) in [6, 6.07) is 23.4. The molecule has 0 aliphatic heterocycles. The lowest BCUT2D eigenvalue weighted by molar-refractivity contribution is -0.141. The minimum Gasteiger partial charge on any atom is -0.354 e. The zero-order valence-electron chi connectivity index (χ0n) is 23.3. The van der Waals surface area contributed by atoms with Gasteiger partial charge in [0.2, 0.25) is 21.8 Å². The number of hydrogen-bond acceptors (Lipinski definition) is 4. The summed E-state index contributed by atoms with van der Waals surface area (Å²) in [5.74, 6) is -0.454. The molecule has 0 spiro atoms. The number of rotatable bonds is 14. The lowest BCUT2D eigenvalue weighted by Gasteiger charge is -2.32. The predicted octanol–water partition coefficient (Wildman–Crippen LogP) is 5.36. The summed E-state index contributed by atoms with van der Waals surface area (Å²) in [7, 11) is -3.56. The average molecular weight is 584 g/mol. The van der Waals surface area contributed by atoms with Gasteiger partial charge in [-0.1, -0.05) is 79.2 Å². The Hall–Kier alpha value is -3.36. The fourth-order valence-corrected chi connectivity index (χ4v) is 5.81. The molecule has 0 aromatic heterocycles. The topological polar surface area (TPSA) is 86.8 Å². The van der Waals surface area contributed by atoms with Gasteiger partial charge in [0.15, 0.2) is 0 Å². The first-order chi connectivity index (χ1) is 19.1. The first kappa shape index (κ1) is 31.2. The highest BCUT2D eigenvalue weighted by atomic mass is 35.5. The molecule has 1 atom stereocenters. The maximum absolute atomic E-state index is 13.8. The van der Waals surface area contributed by atoms with Crippen molar-refractivity contribution < 1.29 is 18.0 Å². The van der Waals surface area contributed by atoms with E-state index in [2.05, 4.69) is 5.32 Å². The number of carbonyl (C=O) groups excluding carboxylic acids is 2. The van der Waals surface area contributed by atoms with Crippen LogP contribution in [0.3, 0.4) is 0 Å². The van der Waals surface area contributed by atoms with Gasteiger partial charge in [-0.05, 0) is 54.7 Å². The van der Waals surface area contributed by atoms with Crippen LogP contribution >= 0.6 is 11.6 Å². The molecule has 0 saturated heterocycles. The van der Waals surface area contributed by atoms with Crippen molar-refractivity contribution in [3.63, 3.8) is 0 Å². The van der Waals surface area contributed by atoms with Gasteiger partial charge in [-0.15, -0.1) is 0 Å². The molecule has 3 rings (SSSR count). The van der Waals surface area contributed by atoms with Crippen LogP contribution in [0.15, 0.2) is 78.9 Å². The van der Waals surface area contributed by atoms with Crippen molar-refractivity contribution in [2.24, 2.45) is 0 Å². The van der Waals surface area contributed by atoms with Gasteiger partial charge in [-0.3, -0.25) is 13.9 Å². The standard InChI is InChI=1S/C31H38ClN3O4S/c1-4-19-33-31(37)29(22-25-13-6-5-7-14-25)34(23-26-15-10-16-27(32)21-26)30(36)18-11-20-35(40(3,38)39)28-17-9-8-12-24(28)2/h5-10,12-17,21,29H,4,11,18-20,22-23H2,1-3H3,(H,33,37). The Morgan fingerprint density at radius 2 is 1.62 bits per heavy atom. The highest BCUT2D eigenvalue weighted by molar-refractivity contribution is 7.92. The lowest BCUT2D eigenvalue weighted by atomic mass is 10.0. The van der Waals surface area contributed by atoms with Crippen LogP contribution in [-0.4, -0.2) is 50.5 Å². The van der Waals surface area contributed by atoms with E-state index in [0.29, 0.717) is 30.1 Å². The predicted molar refractivity (Wildman–Crippen MR) is 162 cm³/mol. The summed E-state index contributed by atoms with van der Waals surface area (Å²) in [5.41, 5.74) is 3.16. The first-order valence-corrected chi connectivity index (χ1v) is 15.7. The van der Waals surface area contributed by atoms with Gasteiger partial charge >= 0.3 is 0 Å². The molecule has 0 bridgehead atoms. The molecule has 3 aromatic carbocycles. The zero-order chi connectivity index (χ0) is 29.1. The van der Waals surface area contributed by atoms with Crippen LogP contribution in [0, 0.1) is 6.92 Å². The second-order valence-electron chi connectivity index (χ2n) is 9.87. The smallest absolute Gasteiger partial charge is 0.243 e. The second-order valence-corrected chi connectivity index (χ2v) is 12.2. The number of amides is 2. The third-order valence-electron chi connectivity index (χ3n) is 6.60.